The zero-order chi connectivity index (χ0) is 54.3. The highest BCUT2D eigenvalue weighted by molar-refractivity contribution is 6.32. The summed E-state index contributed by atoms with van der Waals surface area (Å²) in [7, 11) is 0. The van der Waals surface area contributed by atoms with Crippen molar-refractivity contribution in [2.75, 3.05) is 39.4 Å². The number of aromatic nitrogens is 10. The van der Waals surface area contributed by atoms with Crippen LogP contribution in [0.15, 0.2) is 122 Å². The Kier molecular flexibility index (Phi) is 14.2. The standard InChI is InChI=1S/2C29H29ClN6O3/c2*1-29(2,3)39-28(37)34-13-10-19(11-14-34)20-8-9-25-22(16-20)26-21(12-15-38-25)17-35(33-26)27-31-18-32-36(27)24-7-5-4-6-23(24)30/h2*4-10,16-18H,11-15H2,1-3H3. The van der Waals surface area contributed by atoms with Crippen LogP contribution in [0.25, 0.3) is 56.9 Å². The second-order valence-corrected chi connectivity index (χ2v) is 22.0. The molecule has 18 nitrogen and oxygen atoms in total. The molecular formula is C58H58Cl2N12O6. The number of hydrogen-bond acceptors (Lipinski definition) is 12. The zero-order valence-electron chi connectivity index (χ0n) is 44.2. The number of ether oxygens (including phenoxy) is 4. The Bertz CT molecular complexity index is 3400. The molecule has 8 aromatic rings. The smallest absolute Gasteiger partial charge is 0.410 e. The predicted molar refractivity (Wildman–Crippen MR) is 297 cm³/mol. The number of rotatable bonds is 6. The van der Waals surface area contributed by atoms with Crippen molar-refractivity contribution < 1.29 is 28.5 Å². The van der Waals surface area contributed by atoms with E-state index >= 15 is 0 Å². The monoisotopic (exact) mass is 1090 g/mol. The predicted octanol–water partition coefficient (Wildman–Crippen LogP) is 11.5. The van der Waals surface area contributed by atoms with Crippen molar-refractivity contribution in [3.05, 3.63) is 154 Å². The van der Waals surface area contributed by atoms with Gasteiger partial charge in [-0.15, -0.1) is 0 Å². The quantitative estimate of drug-likeness (QED) is 0.154. The van der Waals surface area contributed by atoms with Crippen molar-refractivity contribution in [3.8, 4) is 57.3 Å². The Balaban J connectivity index is 0.000000165. The highest BCUT2D eigenvalue weighted by atomic mass is 35.5. The minimum Gasteiger partial charge on any atom is -0.493 e. The molecule has 400 valence electrons. The van der Waals surface area contributed by atoms with E-state index in [4.69, 9.17) is 52.3 Å². The molecule has 2 amide bonds. The molecule has 0 unspecified atom stereocenters. The molecule has 0 saturated heterocycles. The third-order valence-electron chi connectivity index (χ3n) is 13.4. The van der Waals surface area contributed by atoms with E-state index in [1.165, 1.54) is 23.8 Å². The van der Waals surface area contributed by atoms with Gasteiger partial charge in [-0.2, -0.15) is 39.7 Å². The fourth-order valence-corrected chi connectivity index (χ4v) is 10.1. The van der Waals surface area contributed by atoms with Crippen LogP contribution < -0.4 is 9.47 Å². The molecule has 4 aliphatic rings. The molecule has 4 aliphatic heterocycles. The van der Waals surface area contributed by atoms with Crippen molar-refractivity contribution in [1.82, 2.24) is 58.9 Å². The lowest BCUT2D eigenvalue weighted by molar-refractivity contribution is 0.0260. The number of amides is 2. The molecule has 0 atom stereocenters. The van der Waals surface area contributed by atoms with E-state index in [1.54, 1.807) is 28.5 Å². The zero-order valence-corrected chi connectivity index (χ0v) is 45.7. The molecule has 0 aliphatic carbocycles. The summed E-state index contributed by atoms with van der Waals surface area (Å²) in [5.41, 5.74) is 10.7. The summed E-state index contributed by atoms with van der Waals surface area (Å²) >= 11 is 12.9. The van der Waals surface area contributed by atoms with E-state index in [1.807, 2.05) is 115 Å². The largest absolute Gasteiger partial charge is 0.493 e. The lowest BCUT2D eigenvalue weighted by Crippen LogP contribution is -2.39. The number of para-hydroxylation sites is 2. The average Bonchev–Trinajstić information content (AvgIpc) is 4.38. The Labute approximate surface area is 461 Å². The van der Waals surface area contributed by atoms with Gasteiger partial charge in [0.2, 0.25) is 0 Å². The molecule has 20 heteroatoms. The van der Waals surface area contributed by atoms with E-state index < -0.39 is 11.2 Å². The van der Waals surface area contributed by atoms with Crippen LogP contribution in [-0.2, 0) is 22.3 Å². The number of carbonyl (C=O) groups excluding carboxylic acids is 2. The molecule has 12 rings (SSSR count). The minimum absolute atomic E-state index is 0.284. The SMILES string of the molecule is CC(C)(C)OC(=O)N1CC=C(c2ccc3c(c2)-c2nn(-c4ncnn4-c4ccccc4Cl)cc2CCO3)CC1.CC(C)(C)OC(=O)N1CC=C(c2ccc3c(c2)-c2nn(-c4ncnn4-c4ccccc4Cl)cc2CCO3)CC1. The summed E-state index contributed by atoms with van der Waals surface area (Å²) in [5, 5.41) is 19.8. The second kappa shape index (κ2) is 21.3. The number of fused-ring (bicyclic) bond motifs is 6. The minimum atomic E-state index is -0.514. The van der Waals surface area contributed by atoms with Gasteiger partial charge in [-0.25, -0.2) is 19.0 Å². The van der Waals surface area contributed by atoms with Crippen LogP contribution in [-0.4, -0.2) is 122 Å². The Morgan fingerprint density at radius 2 is 0.987 bits per heavy atom. The highest BCUT2D eigenvalue weighted by Crippen LogP contribution is 2.40. The maximum Gasteiger partial charge on any atom is 0.410 e. The van der Waals surface area contributed by atoms with E-state index in [9.17, 15) is 9.59 Å². The Morgan fingerprint density at radius 1 is 0.564 bits per heavy atom. The molecule has 0 bridgehead atoms. The van der Waals surface area contributed by atoms with Crippen LogP contribution >= 0.6 is 23.2 Å². The summed E-state index contributed by atoms with van der Waals surface area (Å²) in [6.07, 6.45) is 13.5. The Hall–Kier alpha value is -8.22. The third kappa shape index (κ3) is 11.0. The highest BCUT2D eigenvalue weighted by Gasteiger charge is 2.29. The normalized spacial score (nSPS) is 15.1. The van der Waals surface area contributed by atoms with Gasteiger partial charge < -0.3 is 28.7 Å². The first-order valence-corrected chi connectivity index (χ1v) is 26.7. The maximum absolute atomic E-state index is 12.5. The Morgan fingerprint density at radius 3 is 1.37 bits per heavy atom. The second-order valence-electron chi connectivity index (χ2n) is 21.2. The van der Waals surface area contributed by atoms with Crippen LogP contribution in [0.2, 0.25) is 10.0 Å². The molecule has 4 aromatic carbocycles. The van der Waals surface area contributed by atoms with Gasteiger partial charge in [0, 0.05) is 73.7 Å². The molecule has 4 aromatic heterocycles. The van der Waals surface area contributed by atoms with Crippen LogP contribution in [0.1, 0.15) is 76.6 Å². The first-order valence-electron chi connectivity index (χ1n) is 25.9. The van der Waals surface area contributed by atoms with E-state index in [0.29, 0.717) is 74.2 Å². The van der Waals surface area contributed by atoms with Gasteiger partial charge in [-0.05, 0) is 125 Å². The molecule has 0 spiro atoms. The topological polar surface area (TPSA) is 175 Å². The van der Waals surface area contributed by atoms with Crippen LogP contribution in [0, 0.1) is 0 Å². The molecule has 0 fully saturated rings. The van der Waals surface area contributed by atoms with Crippen LogP contribution in [0.5, 0.6) is 11.5 Å². The van der Waals surface area contributed by atoms with Gasteiger partial charge in [-0.3, -0.25) is 0 Å². The molecule has 78 heavy (non-hydrogen) atoms. The van der Waals surface area contributed by atoms with Crippen molar-refractivity contribution in [1.29, 1.82) is 0 Å². The van der Waals surface area contributed by atoms with Crippen LogP contribution in [0.3, 0.4) is 0 Å². The van der Waals surface area contributed by atoms with Gasteiger partial charge >= 0.3 is 12.2 Å². The fourth-order valence-electron chi connectivity index (χ4n) is 9.68. The van der Waals surface area contributed by atoms with Gasteiger partial charge in [0.1, 0.15) is 35.4 Å². The summed E-state index contributed by atoms with van der Waals surface area (Å²) in [4.78, 5) is 37.4. The molecule has 0 saturated carbocycles. The number of benzene rings is 4. The van der Waals surface area contributed by atoms with Crippen molar-refractivity contribution in [2.45, 2.75) is 78.4 Å². The van der Waals surface area contributed by atoms with E-state index in [2.05, 4.69) is 56.6 Å². The van der Waals surface area contributed by atoms with Gasteiger partial charge in [-0.1, -0.05) is 71.8 Å². The van der Waals surface area contributed by atoms with Gasteiger partial charge in [0.25, 0.3) is 11.9 Å². The lowest BCUT2D eigenvalue weighted by Gasteiger charge is -2.29. The van der Waals surface area contributed by atoms with E-state index in [-0.39, 0.29) is 12.2 Å². The maximum atomic E-state index is 12.5. The third-order valence-corrected chi connectivity index (χ3v) is 14.0. The van der Waals surface area contributed by atoms with Crippen molar-refractivity contribution in [2.24, 2.45) is 0 Å². The summed E-state index contributed by atoms with van der Waals surface area (Å²) in [5.74, 6) is 2.68. The molecule has 8 heterocycles. The fraction of sp³-hybridized carbons (Fsp3) is 0.310. The first-order chi connectivity index (χ1) is 37.5. The average molecular weight is 1090 g/mol. The van der Waals surface area contributed by atoms with Crippen LogP contribution in [0.4, 0.5) is 9.59 Å². The molecule has 0 N–H and O–H groups in total. The summed E-state index contributed by atoms with van der Waals surface area (Å²) < 4.78 is 30.1. The summed E-state index contributed by atoms with van der Waals surface area (Å²) in [6, 6.07) is 27.4. The van der Waals surface area contributed by atoms with Crippen molar-refractivity contribution in [3.63, 3.8) is 0 Å². The van der Waals surface area contributed by atoms with Gasteiger partial charge in [0.15, 0.2) is 0 Å². The number of nitrogens with zero attached hydrogens (tertiary/aromatic N) is 12. The number of halogens is 2. The molecule has 0 radical (unpaired) electrons. The van der Waals surface area contributed by atoms with E-state index in [0.717, 1.165) is 80.5 Å². The van der Waals surface area contributed by atoms with Crippen molar-refractivity contribution >= 4 is 46.5 Å². The van der Waals surface area contributed by atoms with Gasteiger partial charge in [0.05, 0.1) is 46.0 Å². The number of hydrogen-bond donors (Lipinski definition) is 0. The molecular weight excluding hydrogens is 1030 g/mol. The first kappa shape index (κ1) is 51.9. The lowest BCUT2D eigenvalue weighted by atomic mass is 9.96. The number of carbonyl (C=O) groups is 2. The summed E-state index contributed by atoms with van der Waals surface area (Å²) in [6.45, 7) is 14.6.